The Kier molecular flexibility index (Phi) is 6.87. The Morgan fingerprint density at radius 3 is 2.55 bits per heavy atom. The molecule has 2 aliphatic heterocycles. The average molecular weight is 565 g/mol. The third-order valence-corrected chi connectivity index (χ3v) is 8.27. The van der Waals surface area contributed by atoms with Crippen LogP contribution in [0.25, 0.3) is 11.8 Å². The number of hydrogen-bond acceptors (Lipinski definition) is 6. The van der Waals surface area contributed by atoms with Crippen molar-refractivity contribution in [2.45, 2.75) is 38.8 Å². The van der Waals surface area contributed by atoms with E-state index in [1.54, 1.807) is 19.5 Å². The molecule has 0 spiro atoms. The van der Waals surface area contributed by atoms with E-state index in [0.29, 0.717) is 28.6 Å². The topological polar surface area (TPSA) is 51.9 Å². The van der Waals surface area contributed by atoms with Gasteiger partial charge >= 0.3 is 0 Å². The van der Waals surface area contributed by atoms with Crippen LogP contribution < -0.4 is 4.74 Å². The minimum Gasteiger partial charge on any atom is -0.495 e. The Bertz CT molecular complexity index is 1620. The second kappa shape index (κ2) is 10.5. The van der Waals surface area contributed by atoms with E-state index in [0.717, 1.165) is 46.7 Å². The Hall–Kier alpha value is -4.05. The molecule has 0 N–H and O–H groups in total. The summed E-state index contributed by atoms with van der Waals surface area (Å²) in [4.78, 5) is 12.9. The molecule has 4 aromatic rings. The lowest BCUT2D eigenvalue weighted by Gasteiger charge is -2.43. The van der Waals surface area contributed by atoms with Gasteiger partial charge in [-0.1, -0.05) is 11.2 Å². The lowest BCUT2D eigenvalue weighted by Crippen LogP contribution is -2.45. The van der Waals surface area contributed by atoms with Gasteiger partial charge in [0.2, 0.25) is 0 Å². The second-order valence-corrected chi connectivity index (χ2v) is 11.0. The minimum absolute atomic E-state index is 0.0458. The van der Waals surface area contributed by atoms with Crippen LogP contribution in [0.5, 0.6) is 5.75 Å². The molecule has 0 bridgehead atoms. The van der Waals surface area contributed by atoms with E-state index in [4.69, 9.17) is 9.57 Å². The van der Waals surface area contributed by atoms with Crippen molar-refractivity contribution in [2.75, 3.05) is 13.7 Å². The van der Waals surface area contributed by atoms with Gasteiger partial charge in [-0.05, 0) is 85.9 Å². The first-order chi connectivity index (χ1) is 19.3. The van der Waals surface area contributed by atoms with Gasteiger partial charge < -0.3 is 19.0 Å². The summed E-state index contributed by atoms with van der Waals surface area (Å²) in [5, 5.41) is 4.11. The zero-order chi connectivity index (χ0) is 28.0. The van der Waals surface area contributed by atoms with Crippen molar-refractivity contribution in [1.82, 2.24) is 14.5 Å². The van der Waals surface area contributed by atoms with Gasteiger partial charge in [-0.25, -0.2) is 13.8 Å². The SMILES string of the molecule is COc1cc(/C=C2\CCCN3C2=NOC(c2ccc(F)s2)[C@@H]3c2cc(F)c(C)c(F)c2)ccc1-n1cnc(C)c1. The van der Waals surface area contributed by atoms with Crippen LogP contribution in [0, 0.1) is 30.6 Å². The van der Waals surface area contributed by atoms with Crippen molar-refractivity contribution >= 4 is 23.2 Å². The summed E-state index contributed by atoms with van der Waals surface area (Å²) in [7, 11) is 1.62. The lowest BCUT2D eigenvalue weighted by atomic mass is 9.91. The van der Waals surface area contributed by atoms with Gasteiger partial charge in [-0.15, -0.1) is 11.3 Å². The summed E-state index contributed by atoms with van der Waals surface area (Å²) in [5.74, 6) is 0.00940. The number of benzene rings is 2. The van der Waals surface area contributed by atoms with E-state index in [2.05, 4.69) is 10.1 Å². The summed E-state index contributed by atoms with van der Waals surface area (Å²) >= 11 is 0.942. The number of imidazole rings is 1. The molecule has 4 heterocycles. The maximum atomic E-state index is 14.7. The molecular formula is C30H27F3N4O2S. The summed E-state index contributed by atoms with van der Waals surface area (Å²) in [6.07, 6.45) is 6.51. The molecule has 0 radical (unpaired) electrons. The Morgan fingerprint density at radius 2 is 1.88 bits per heavy atom. The highest BCUT2D eigenvalue weighted by Crippen LogP contribution is 2.45. The number of nitrogens with zero attached hydrogens (tertiary/aromatic N) is 4. The molecule has 10 heteroatoms. The number of aryl methyl sites for hydroxylation is 1. The molecule has 0 amide bonds. The van der Waals surface area contributed by atoms with Crippen molar-refractivity contribution in [1.29, 1.82) is 0 Å². The highest BCUT2D eigenvalue weighted by atomic mass is 32.1. The van der Waals surface area contributed by atoms with Crippen LogP contribution in [0.1, 0.15) is 52.2 Å². The predicted octanol–water partition coefficient (Wildman–Crippen LogP) is 7.28. The largest absolute Gasteiger partial charge is 0.495 e. The van der Waals surface area contributed by atoms with Gasteiger partial charge in [0, 0.05) is 18.3 Å². The molecular weight excluding hydrogens is 537 g/mol. The van der Waals surface area contributed by atoms with Gasteiger partial charge in [0.15, 0.2) is 17.1 Å². The number of methoxy groups -OCH3 is 1. The molecule has 2 atom stereocenters. The standard InChI is InChI=1S/C30H27F3N4O2S/c1-17-15-36(16-34-17)24-7-6-19(12-25(24)38-3)11-20-5-4-10-37-28(21-13-22(31)18(2)23(32)14-21)29(39-35-30(20)37)26-8-9-27(33)40-26/h6-9,11-16,28-29H,4-5,10H2,1-3H3/b20-11+/t28-,29?/m0/s1. The number of thiophene rings is 1. The van der Waals surface area contributed by atoms with Crippen LogP contribution in [0.2, 0.25) is 0 Å². The first-order valence-corrected chi connectivity index (χ1v) is 13.7. The van der Waals surface area contributed by atoms with Crippen LogP contribution in [0.3, 0.4) is 0 Å². The maximum absolute atomic E-state index is 14.7. The molecule has 2 aromatic carbocycles. The van der Waals surface area contributed by atoms with E-state index in [9.17, 15) is 13.2 Å². The average Bonchev–Trinajstić information content (AvgIpc) is 3.58. The van der Waals surface area contributed by atoms with Crippen LogP contribution in [0.15, 0.2) is 65.7 Å². The highest BCUT2D eigenvalue weighted by Gasteiger charge is 2.41. The van der Waals surface area contributed by atoms with Crippen molar-refractivity contribution in [2.24, 2.45) is 5.16 Å². The Morgan fingerprint density at radius 1 is 1.07 bits per heavy atom. The number of hydrogen-bond donors (Lipinski definition) is 0. The first kappa shape index (κ1) is 26.2. The molecule has 1 fully saturated rings. The maximum Gasteiger partial charge on any atom is 0.186 e. The number of ether oxygens (including phenoxy) is 1. The molecule has 0 aliphatic carbocycles. The molecule has 1 unspecified atom stereocenters. The van der Waals surface area contributed by atoms with Crippen LogP contribution in [-0.4, -0.2) is 33.9 Å². The number of amidine groups is 1. The summed E-state index contributed by atoms with van der Waals surface area (Å²) < 4.78 is 51.0. The van der Waals surface area contributed by atoms with Crippen LogP contribution in [-0.2, 0) is 4.84 Å². The number of aromatic nitrogens is 2. The van der Waals surface area contributed by atoms with Gasteiger partial charge in [-0.2, -0.15) is 4.39 Å². The summed E-state index contributed by atoms with van der Waals surface area (Å²) in [5.41, 5.74) is 3.96. The molecule has 40 heavy (non-hydrogen) atoms. The fourth-order valence-corrected chi connectivity index (χ4v) is 6.10. The van der Waals surface area contributed by atoms with Crippen molar-refractivity contribution < 1.29 is 22.7 Å². The third kappa shape index (κ3) is 4.77. The lowest BCUT2D eigenvalue weighted by molar-refractivity contribution is -0.0211. The van der Waals surface area contributed by atoms with Gasteiger partial charge in [0.05, 0.1) is 29.7 Å². The van der Waals surface area contributed by atoms with Crippen LogP contribution >= 0.6 is 11.3 Å². The van der Waals surface area contributed by atoms with Crippen molar-refractivity contribution in [3.63, 3.8) is 0 Å². The zero-order valence-electron chi connectivity index (χ0n) is 22.2. The van der Waals surface area contributed by atoms with Gasteiger partial charge in [-0.3, -0.25) is 0 Å². The highest BCUT2D eigenvalue weighted by molar-refractivity contribution is 7.10. The van der Waals surface area contributed by atoms with E-state index >= 15 is 0 Å². The number of halogens is 3. The number of oxime groups is 1. The van der Waals surface area contributed by atoms with E-state index < -0.39 is 23.8 Å². The van der Waals surface area contributed by atoms with E-state index in [1.807, 2.05) is 46.9 Å². The quantitative estimate of drug-likeness (QED) is 0.256. The second-order valence-electron chi connectivity index (χ2n) is 9.96. The van der Waals surface area contributed by atoms with Gasteiger partial charge in [0.25, 0.3) is 0 Å². The van der Waals surface area contributed by atoms with Crippen molar-refractivity contribution in [3.05, 3.63) is 105 Å². The molecule has 206 valence electrons. The van der Waals surface area contributed by atoms with E-state index in [1.165, 1.54) is 25.1 Å². The molecule has 6 nitrogen and oxygen atoms in total. The summed E-state index contributed by atoms with van der Waals surface area (Å²) in [6, 6.07) is 11.0. The predicted molar refractivity (Wildman–Crippen MR) is 148 cm³/mol. The zero-order valence-corrected chi connectivity index (χ0v) is 23.0. The first-order valence-electron chi connectivity index (χ1n) is 12.9. The molecule has 1 saturated heterocycles. The fourth-order valence-electron chi connectivity index (χ4n) is 5.32. The fraction of sp³-hybridized carbons (Fsp3) is 0.267. The molecule has 0 saturated carbocycles. The third-order valence-electron chi connectivity index (χ3n) is 7.33. The molecule has 2 aromatic heterocycles. The van der Waals surface area contributed by atoms with Crippen LogP contribution in [0.4, 0.5) is 13.2 Å². The molecule has 2 aliphatic rings. The molecule has 6 rings (SSSR count). The number of piperidine rings is 1. The van der Waals surface area contributed by atoms with Crippen molar-refractivity contribution in [3.8, 4) is 11.4 Å². The smallest absolute Gasteiger partial charge is 0.186 e. The summed E-state index contributed by atoms with van der Waals surface area (Å²) in [6.45, 7) is 3.93. The Balaban J connectivity index is 1.40. The Labute approximate surface area is 234 Å². The minimum atomic E-state index is -0.725. The van der Waals surface area contributed by atoms with Gasteiger partial charge in [0.1, 0.15) is 23.4 Å². The van der Waals surface area contributed by atoms with E-state index in [-0.39, 0.29) is 10.7 Å². The number of rotatable bonds is 5. The number of fused-ring (bicyclic) bond motifs is 1. The normalized spacial score (nSPS) is 19.8. The monoisotopic (exact) mass is 564 g/mol.